The summed E-state index contributed by atoms with van der Waals surface area (Å²) in [5.41, 5.74) is 3.23. The summed E-state index contributed by atoms with van der Waals surface area (Å²) in [6.07, 6.45) is 2.63. The van der Waals surface area contributed by atoms with Gasteiger partial charge in [-0.1, -0.05) is 23.7 Å². The van der Waals surface area contributed by atoms with Gasteiger partial charge in [-0.15, -0.1) is 0 Å². The molecule has 134 valence electrons. The van der Waals surface area contributed by atoms with Gasteiger partial charge < -0.3 is 19.2 Å². The maximum atomic E-state index is 12.5. The maximum absolute atomic E-state index is 12.5. The molecule has 0 aliphatic carbocycles. The number of fused-ring (bicyclic) bond motifs is 2. The molecule has 0 atom stereocenters. The second-order valence-corrected chi connectivity index (χ2v) is 6.72. The summed E-state index contributed by atoms with van der Waals surface area (Å²) in [5, 5.41) is 4.20. The van der Waals surface area contributed by atoms with E-state index in [0.29, 0.717) is 35.4 Å². The molecule has 0 saturated carbocycles. The number of carbonyl (C=O) groups excluding carboxylic acids is 1. The third-order valence-corrected chi connectivity index (χ3v) is 4.59. The van der Waals surface area contributed by atoms with E-state index in [0.717, 1.165) is 28.5 Å². The van der Waals surface area contributed by atoms with Gasteiger partial charge in [0.1, 0.15) is 5.58 Å². The van der Waals surface area contributed by atoms with Gasteiger partial charge >= 0.3 is 0 Å². The molecule has 0 spiro atoms. The van der Waals surface area contributed by atoms with Crippen LogP contribution in [0.3, 0.4) is 0 Å². The van der Waals surface area contributed by atoms with Gasteiger partial charge in [-0.2, -0.15) is 0 Å². The van der Waals surface area contributed by atoms with Gasteiger partial charge in [0.2, 0.25) is 5.91 Å². The number of ether oxygens (including phenoxy) is 2. The quantitative estimate of drug-likeness (QED) is 0.722. The van der Waals surface area contributed by atoms with E-state index in [-0.39, 0.29) is 12.3 Å². The third kappa shape index (κ3) is 3.35. The van der Waals surface area contributed by atoms with Gasteiger partial charge in [0.25, 0.3) is 0 Å². The Hall–Kier alpha value is -2.66. The summed E-state index contributed by atoms with van der Waals surface area (Å²) in [5.74, 6) is 1.01. The second-order valence-electron chi connectivity index (χ2n) is 6.31. The van der Waals surface area contributed by atoms with E-state index in [2.05, 4.69) is 5.32 Å². The van der Waals surface area contributed by atoms with Crippen LogP contribution in [0.25, 0.3) is 11.0 Å². The van der Waals surface area contributed by atoms with Crippen LogP contribution in [0, 0.1) is 6.92 Å². The van der Waals surface area contributed by atoms with Gasteiger partial charge in [0.05, 0.1) is 36.6 Å². The van der Waals surface area contributed by atoms with Crippen molar-refractivity contribution >= 4 is 34.2 Å². The lowest BCUT2D eigenvalue weighted by Gasteiger charge is -2.12. The van der Waals surface area contributed by atoms with Crippen molar-refractivity contribution in [1.29, 1.82) is 0 Å². The van der Waals surface area contributed by atoms with Gasteiger partial charge in [0, 0.05) is 29.5 Å². The van der Waals surface area contributed by atoms with E-state index in [9.17, 15) is 4.79 Å². The second kappa shape index (κ2) is 6.92. The normalized spacial score (nSPS) is 13.5. The number of rotatable bonds is 3. The molecule has 1 aromatic heterocycles. The Bertz CT molecular complexity index is 979. The average Bonchev–Trinajstić information content (AvgIpc) is 2.84. The highest BCUT2D eigenvalue weighted by molar-refractivity contribution is 6.34. The molecule has 3 aromatic rings. The lowest BCUT2D eigenvalue weighted by atomic mass is 10.1. The predicted octanol–water partition coefficient (Wildman–Crippen LogP) is 4.74. The lowest BCUT2D eigenvalue weighted by Crippen LogP contribution is -2.14. The van der Waals surface area contributed by atoms with E-state index >= 15 is 0 Å². The first-order chi connectivity index (χ1) is 12.6. The zero-order chi connectivity index (χ0) is 18.1. The Kier molecular flexibility index (Phi) is 4.47. The first-order valence-electron chi connectivity index (χ1n) is 8.46. The van der Waals surface area contributed by atoms with E-state index in [4.69, 9.17) is 25.5 Å². The zero-order valence-corrected chi connectivity index (χ0v) is 15.1. The van der Waals surface area contributed by atoms with Crippen LogP contribution in [0.4, 0.5) is 5.69 Å². The first kappa shape index (κ1) is 16.8. The van der Waals surface area contributed by atoms with Crippen LogP contribution in [0.2, 0.25) is 5.02 Å². The van der Waals surface area contributed by atoms with Gasteiger partial charge in [-0.25, -0.2) is 0 Å². The highest BCUT2D eigenvalue weighted by Gasteiger charge is 2.17. The first-order valence-corrected chi connectivity index (χ1v) is 8.84. The number of furan rings is 1. The van der Waals surface area contributed by atoms with Gasteiger partial charge in [0.15, 0.2) is 11.5 Å². The molecule has 1 aliphatic rings. The summed E-state index contributed by atoms with van der Waals surface area (Å²) in [7, 11) is 0. The van der Waals surface area contributed by atoms with Crippen molar-refractivity contribution in [3.63, 3.8) is 0 Å². The average molecular weight is 372 g/mol. The Balaban J connectivity index is 1.53. The minimum absolute atomic E-state index is 0.176. The SMILES string of the molecule is Cc1ccc2c(CC(=O)Nc3cc4c(cc3Cl)OCCCO4)coc2c1. The summed E-state index contributed by atoms with van der Waals surface area (Å²) >= 11 is 6.28. The zero-order valence-electron chi connectivity index (χ0n) is 14.3. The van der Waals surface area contributed by atoms with Crippen molar-refractivity contribution in [1.82, 2.24) is 0 Å². The molecule has 4 rings (SSSR count). The lowest BCUT2D eigenvalue weighted by molar-refractivity contribution is -0.115. The fraction of sp³-hybridized carbons (Fsp3) is 0.250. The van der Waals surface area contributed by atoms with E-state index in [1.165, 1.54) is 0 Å². The molecule has 6 heteroatoms. The summed E-state index contributed by atoms with van der Waals surface area (Å²) in [6, 6.07) is 9.31. The molecule has 0 fully saturated rings. The van der Waals surface area contributed by atoms with Crippen molar-refractivity contribution in [2.75, 3.05) is 18.5 Å². The Morgan fingerprint density at radius 1 is 1.15 bits per heavy atom. The number of carbonyl (C=O) groups is 1. The summed E-state index contributed by atoms with van der Waals surface area (Å²) in [4.78, 5) is 12.5. The predicted molar refractivity (Wildman–Crippen MR) is 100 cm³/mol. The minimum Gasteiger partial charge on any atom is -0.490 e. The van der Waals surface area contributed by atoms with Crippen LogP contribution in [0.1, 0.15) is 17.5 Å². The molecule has 5 nitrogen and oxygen atoms in total. The molecule has 0 unspecified atom stereocenters. The van der Waals surface area contributed by atoms with Crippen molar-refractivity contribution in [2.45, 2.75) is 19.8 Å². The molecule has 0 bridgehead atoms. The molecular weight excluding hydrogens is 354 g/mol. The third-order valence-electron chi connectivity index (χ3n) is 4.27. The van der Waals surface area contributed by atoms with E-state index in [1.807, 2.05) is 25.1 Å². The fourth-order valence-electron chi connectivity index (χ4n) is 2.97. The number of hydrogen-bond acceptors (Lipinski definition) is 4. The van der Waals surface area contributed by atoms with Crippen molar-refractivity contribution in [3.05, 3.63) is 52.7 Å². The van der Waals surface area contributed by atoms with Crippen LogP contribution < -0.4 is 14.8 Å². The van der Waals surface area contributed by atoms with Crippen LogP contribution >= 0.6 is 11.6 Å². The Morgan fingerprint density at radius 2 is 1.92 bits per heavy atom. The van der Waals surface area contributed by atoms with Gasteiger partial charge in [-0.3, -0.25) is 4.79 Å². The molecule has 0 saturated heterocycles. The largest absolute Gasteiger partial charge is 0.490 e. The molecule has 1 aliphatic heterocycles. The van der Waals surface area contributed by atoms with Crippen LogP contribution in [-0.2, 0) is 11.2 Å². The van der Waals surface area contributed by atoms with Crippen LogP contribution in [0.15, 0.2) is 41.0 Å². The number of aryl methyl sites for hydroxylation is 1. The monoisotopic (exact) mass is 371 g/mol. The Labute approximate surface area is 155 Å². The molecule has 2 aromatic carbocycles. The van der Waals surface area contributed by atoms with Crippen LogP contribution in [-0.4, -0.2) is 19.1 Å². The van der Waals surface area contributed by atoms with E-state index < -0.39 is 0 Å². The fourth-order valence-corrected chi connectivity index (χ4v) is 3.18. The smallest absolute Gasteiger partial charge is 0.228 e. The topological polar surface area (TPSA) is 60.7 Å². The number of benzene rings is 2. The summed E-state index contributed by atoms with van der Waals surface area (Å²) < 4.78 is 16.8. The number of halogens is 1. The maximum Gasteiger partial charge on any atom is 0.228 e. The van der Waals surface area contributed by atoms with Crippen LogP contribution in [0.5, 0.6) is 11.5 Å². The van der Waals surface area contributed by atoms with Crippen molar-refractivity contribution in [2.24, 2.45) is 0 Å². The molecular formula is C20H18ClNO4. The van der Waals surface area contributed by atoms with Crippen molar-refractivity contribution in [3.8, 4) is 11.5 Å². The van der Waals surface area contributed by atoms with E-state index in [1.54, 1.807) is 18.4 Å². The number of amides is 1. The molecule has 26 heavy (non-hydrogen) atoms. The molecule has 0 radical (unpaired) electrons. The summed E-state index contributed by atoms with van der Waals surface area (Å²) in [6.45, 7) is 3.16. The molecule has 1 N–H and O–H groups in total. The highest BCUT2D eigenvalue weighted by atomic mass is 35.5. The number of anilines is 1. The van der Waals surface area contributed by atoms with Crippen molar-refractivity contribution < 1.29 is 18.7 Å². The standard InChI is InChI=1S/C20H18ClNO4/c1-12-3-4-14-13(11-26-17(14)7-12)8-20(23)22-16-10-19-18(9-15(16)21)24-5-2-6-25-19/h3-4,7,9-11H,2,5-6,8H2,1H3,(H,22,23). The molecule has 1 amide bonds. The number of nitrogens with one attached hydrogen (secondary N) is 1. The minimum atomic E-state index is -0.176. The molecule has 2 heterocycles. The van der Waals surface area contributed by atoms with Gasteiger partial charge in [-0.05, 0) is 18.6 Å². The highest BCUT2D eigenvalue weighted by Crippen LogP contribution is 2.37. The Morgan fingerprint density at radius 3 is 2.73 bits per heavy atom. The number of hydrogen-bond donors (Lipinski definition) is 1.